The van der Waals surface area contributed by atoms with Crippen LogP contribution in [-0.2, 0) is 26.0 Å². The zero-order valence-electron chi connectivity index (χ0n) is 19.4. The van der Waals surface area contributed by atoms with Gasteiger partial charge in [-0.1, -0.05) is 12.1 Å². The van der Waals surface area contributed by atoms with Gasteiger partial charge >= 0.3 is 0 Å². The minimum absolute atomic E-state index is 0.0479. The van der Waals surface area contributed by atoms with Gasteiger partial charge in [0.25, 0.3) is 0 Å². The number of sulfonamides is 1. The van der Waals surface area contributed by atoms with E-state index in [4.69, 9.17) is 9.47 Å². The Balaban J connectivity index is 1.06. The van der Waals surface area contributed by atoms with Crippen LogP contribution in [0.25, 0.3) is 0 Å². The van der Waals surface area contributed by atoms with Crippen molar-refractivity contribution in [3.63, 3.8) is 0 Å². The van der Waals surface area contributed by atoms with Crippen LogP contribution in [0.15, 0.2) is 47.4 Å². The lowest BCUT2D eigenvalue weighted by atomic mass is 9.95. The fourth-order valence-corrected chi connectivity index (χ4v) is 5.65. The molecule has 9 nitrogen and oxygen atoms in total. The third kappa shape index (κ3) is 5.76. The third-order valence-electron chi connectivity index (χ3n) is 6.62. The molecule has 0 aromatic heterocycles. The highest BCUT2D eigenvalue weighted by Gasteiger charge is 2.29. The van der Waals surface area contributed by atoms with Gasteiger partial charge in [0, 0.05) is 43.2 Å². The number of likely N-dealkylation sites (tertiary alicyclic amines) is 1. The lowest BCUT2D eigenvalue weighted by molar-refractivity contribution is -0.134. The molecule has 0 atom stereocenters. The number of piperidine rings is 1. The molecule has 2 amide bonds. The first-order valence-corrected chi connectivity index (χ1v) is 13.5. The van der Waals surface area contributed by atoms with Gasteiger partial charge in [-0.25, -0.2) is 13.1 Å². The molecule has 2 aliphatic heterocycles. The predicted octanol–water partition coefficient (Wildman–Crippen LogP) is 2.67. The number of ether oxygens (including phenoxy) is 2. The fourth-order valence-electron chi connectivity index (χ4n) is 4.34. The van der Waals surface area contributed by atoms with Gasteiger partial charge in [0.2, 0.25) is 28.6 Å². The molecule has 2 aromatic carbocycles. The lowest BCUT2D eigenvalue weighted by Gasteiger charge is -2.31. The molecule has 0 spiro atoms. The highest BCUT2D eigenvalue weighted by molar-refractivity contribution is 7.89. The Morgan fingerprint density at radius 1 is 0.943 bits per heavy atom. The number of nitrogens with zero attached hydrogens (tertiary/aromatic N) is 1. The second-order valence-electron chi connectivity index (χ2n) is 9.25. The van der Waals surface area contributed by atoms with E-state index in [-0.39, 0.29) is 35.5 Å². The Bertz CT molecular complexity index is 1200. The molecule has 2 N–H and O–H groups in total. The predicted molar refractivity (Wildman–Crippen MR) is 129 cm³/mol. The van der Waals surface area contributed by atoms with E-state index in [1.54, 1.807) is 42.5 Å². The first-order valence-electron chi connectivity index (χ1n) is 12.0. The topological polar surface area (TPSA) is 114 Å². The highest BCUT2D eigenvalue weighted by Crippen LogP contribution is 2.34. The molecule has 1 aliphatic carbocycles. The summed E-state index contributed by atoms with van der Waals surface area (Å²) in [4.78, 5) is 27.4. The first-order chi connectivity index (χ1) is 16.9. The van der Waals surface area contributed by atoms with Gasteiger partial charge in [-0.15, -0.1) is 0 Å². The van der Waals surface area contributed by atoms with Gasteiger partial charge in [-0.05, 0) is 61.9 Å². The third-order valence-corrected chi connectivity index (χ3v) is 8.16. The van der Waals surface area contributed by atoms with E-state index in [1.165, 1.54) is 0 Å². The number of anilines is 1. The SMILES string of the molecule is O=C(Nc1ccc2c(c1)OCO2)C1CCN(C(=O)CCc2ccc(S(=O)(=O)NC3CC3)cc2)CC1. The van der Waals surface area contributed by atoms with Gasteiger partial charge < -0.3 is 19.7 Å². The van der Waals surface area contributed by atoms with Gasteiger partial charge in [0.15, 0.2) is 11.5 Å². The number of aryl methyl sites for hydroxylation is 1. The number of hydrogen-bond acceptors (Lipinski definition) is 6. The molecule has 35 heavy (non-hydrogen) atoms. The number of nitrogens with one attached hydrogen (secondary N) is 2. The maximum atomic E-state index is 12.7. The van der Waals surface area contributed by atoms with Crippen molar-refractivity contribution in [2.45, 2.75) is 49.5 Å². The molecular formula is C25H29N3O6S. The van der Waals surface area contributed by atoms with E-state index in [2.05, 4.69) is 10.0 Å². The van der Waals surface area contributed by atoms with Crippen LogP contribution in [-0.4, -0.2) is 51.1 Å². The van der Waals surface area contributed by atoms with Crippen molar-refractivity contribution < 1.29 is 27.5 Å². The summed E-state index contributed by atoms with van der Waals surface area (Å²) in [7, 11) is -3.47. The standard InChI is InChI=1S/C25H29N3O6S/c29-24(10-3-17-1-7-21(8-2-17)35(31,32)27-19-4-5-19)28-13-11-18(12-14-28)25(30)26-20-6-9-22-23(15-20)34-16-33-22/h1-2,6-9,15,18-19,27H,3-5,10-14,16H2,(H,26,30). The Kier molecular flexibility index (Phi) is 6.66. The van der Waals surface area contributed by atoms with E-state index in [9.17, 15) is 18.0 Å². The Hall–Kier alpha value is -3.11. The molecule has 5 rings (SSSR count). The fraction of sp³-hybridized carbons (Fsp3) is 0.440. The van der Waals surface area contributed by atoms with E-state index in [1.807, 2.05) is 4.90 Å². The van der Waals surface area contributed by atoms with Crippen LogP contribution in [0, 0.1) is 5.92 Å². The van der Waals surface area contributed by atoms with Gasteiger partial charge in [-0.3, -0.25) is 9.59 Å². The van der Waals surface area contributed by atoms with Crippen molar-refractivity contribution in [3.05, 3.63) is 48.0 Å². The number of carbonyl (C=O) groups is 2. The minimum Gasteiger partial charge on any atom is -0.454 e. The van der Waals surface area contributed by atoms with Gasteiger partial charge in [0.05, 0.1) is 4.90 Å². The van der Waals surface area contributed by atoms with E-state index >= 15 is 0 Å². The quantitative estimate of drug-likeness (QED) is 0.577. The van der Waals surface area contributed by atoms with Gasteiger partial charge in [0.1, 0.15) is 0 Å². The van der Waals surface area contributed by atoms with Crippen LogP contribution in [0.4, 0.5) is 5.69 Å². The van der Waals surface area contributed by atoms with Crippen LogP contribution in [0.1, 0.15) is 37.7 Å². The Morgan fingerprint density at radius 3 is 2.37 bits per heavy atom. The summed E-state index contributed by atoms with van der Waals surface area (Å²) in [5.41, 5.74) is 1.58. The zero-order chi connectivity index (χ0) is 24.4. The van der Waals surface area contributed by atoms with Crippen molar-refractivity contribution in [1.82, 2.24) is 9.62 Å². The van der Waals surface area contributed by atoms with E-state index in [0.717, 1.165) is 18.4 Å². The molecule has 1 saturated carbocycles. The number of rotatable bonds is 8. The second-order valence-corrected chi connectivity index (χ2v) is 11.0. The summed E-state index contributed by atoms with van der Waals surface area (Å²) in [6.07, 6.45) is 3.90. The normalized spacial score (nSPS) is 17.9. The van der Waals surface area contributed by atoms with Crippen LogP contribution < -0.4 is 19.5 Å². The zero-order valence-corrected chi connectivity index (χ0v) is 20.2. The number of amides is 2. The molecule has 2 aromatic rings. The second kappa shape index (κ2) is 9.87. The van der Waals surface area contributed by atoms with Crippen molar-refractivity contribution >= 4 is 27.5 Å². The summed E-state index contributed by atoms with van der Waals surface area (Å²) in [5, 5.41) is 2.94. The first kappa shape index (κ1) is 23.6. The smallest absolute Gasteiger partial charge is 0.240 e. The maximum Gasteiger partial charge on any atom is 0.240 e. The molecule has 0 unspecified atom stereocenters. The average Bonchev–Trinajstić information content (AvgIpc) is 3.54. The highest BCUT2D eigenvalue weighted by atomic mass is 32.2. The number of benzene rings is 2. The summed E-state index contributed by atoms with van der Waals surface area (Å²) >= 11 is 0. The van der Waals surface area contributed by atoms with Crippen molar-refractivity contribution in [2.24, 2.45) is 5.92 Å². The summed E-state index contributed by atoms with van der Waals surface area (Å²) < 4.78 is 37.9. The molecule has 186 valence electrons. The van der Waals surface area contributed by atoms with Crippen molar-refractivity contribution in [2.75, 3.05) is 25.2 Å². The maximum absolute atomic E-state index is 12.7. The number of fused-ring (bicyclic) bond motifs is 1. The van der Waals surface area contributed by atoms with Crippen molar-refractivity contribution in [1.29, 1.82) is 0 Å². The summed E-state index contributed by atoms with van der Waals surface area (Å²) in [5.74, 6) is 1.13. The molecule has 10 heteroatoms. The molecule has 2 fully saturated rings. The largest absolute Gasteiger partial charge is 0.454 e. The van der Waals surface area contributed by atoms with Crippen molar-refractivity contribution in [3.8, 4) is 11.5 Å². The number of hydrogen-bond donors (Lipinski definition) is 2. The van der Waals surface area contributed by atoms with Gasteiger partial charge in [-0.2, -0.15) is 0 Å². The van der Waals surface area contributed by atoms with E-state index < -0.39 is 10.0 Å². The van der Waals surface area contributed by atoms with Crippen LogP contribution in [0.2, 0.25) is 0 Å². The monoisotopic (exact) mass is 499 g/mol. The molecule has 0 radical (unpaired) electrons. The summed E-state index contributed by atoms with van der Waals surface area (Å²) in [6.45, 7) is 1.27. The number of carbonyl (C=O) groups excluding carboxylic acids is 2. The lowest BCUT2D eigenvalue weighted by Crippen LogP contribution is -2.41. The van der Waals surface area contributed by atoms with Crippen LogP contribution in [0.3, 0.4) is 0 Å². The van der Waals surface area contributed by atoms with Crippen LogP contribution in [0.5, 0.6) is 11.5 Å². The molecule has 3 aliphatic rings. The van der Waals surface area contributed by atoms with Crippen LogP contribution >= 0.6 is 0 Å². The minimum atomic E-state index is -3.47. The average molecular weight is 500 g/mol. The summed E-state index contributed by atoms with van der Waals surface area (Å²) in [6, 6.07) is 12.1. The molecular weight excluding hydrogens is 470 g/mol. The Morgan fingerprint density at radius 2 is 1.66 bits per heavy atom. The molecule has 2 heterocycles. The van der Waals surface area contributed by atoms with E-state index in [0.29, 0.717) is 56.0 Å². The molecule has 0 bridgehead atoms. The molecule has 1 saturated heterocycles. The Labute approximate surface area is 204 Å².